The van der Waals surface area contributed by atoms with Crippen LogP contribution in [0.3, 0.4) is 0 Å². The number of fused-ring (bicyclic) bond motifs is 1. The third kappa shape index (κ3) is 2.77. The molecule has 3 aromatic rings. The van der Waals surface area contributed by atoms with E-state index in [1.54, 1.807) is 0 Å². The standard InChI is InChI=1S/C19H17N2O/c1-2-22-19-11-10-17-8-3-4-9-18(17)21(19)14-16-7-5-6-15(12-16)13-20/h3-12H,2,14H2,1H3/q+1. The van der Waals surface area contributed by atoms with Gasteiger partial charge in [-0.3, -0.25) is 0 Å². The Morgan fingerprint density at radius 2 is 1.91 bits per heavy atom. The number of nitriles is 1. The lowest BCUT2D eigenvalue weighted by Crippen LogP contribution is -2.37. The highest BCUT2D eigenvalue weighted by Gasteiger charge is 2.17. The average molecular weight is 289 g/mol. The average Bonchev–Trinajstić information content (AvgIpc) is 2.57. The zero-order chi connectivity index (χ0) is 15.4. The number of aromatic nitrogens is 1. The van der Waals surface area contributed by atoms with Gasteiger partial charge in [0.05, 0.1) is 24.3 Å². The first-order chi connectivity index (χ1) is 10.8. The summed E-state index contributed by atoms with van der Waals surface area (Å²) in [6.45, 7) is 3.28. The van der Waals surface area contributed by atoms with Gasteiger partial charge in [-0.1, -0.05) is 24.3 Å². The minimum atomic E-state index is 0.622. The zero-order valence-corrected chi connectivity index (χ0v) is 12.5. The van der Waals surface area contributed by atoms with E-state index in [2.05, 4.69) is 28.8 Å². The highest BCUT2D eigenvalue weighted by atomic mass is 16.5. The Balaban J connectivity index is 2.11. The van der Waals surface area contributed by atoms with Crippen LogP contribution in [-0.2, 0) is 6.54 Å². The molecule has 0 saturated heterocycles. The predicted molar refractivity (Wildman–Crippen MR) is 85.6 cm³/mol. The van der Waals surface area contributed by atoms with Crippen molar-refractivity contribution in [3.8, 4) is 11.9 Å². The summed E-state index contributed by atoms with van der Waals surface area (Å²) in [5, 5.41) is 10.2. The van der Waals surface area contributed by atoms with Crippen LogP contribution in [0.4, 0.5) is 0 Å². The number of rotatable bonds is 4. The van der Waals surface area contributed by atoms with Crippen LogP contribution >= 0.6 is 0 Å². The minimum Gasteiger partial charge on any atom is -0.445 e. The summed E-state index contributed by atoms with van der Waals surface area (Å²) >= 11 is 0. The molecule has 0 saturated carbocycles. The Morgan fingerprint density at radius 3 is 2.73 bits per heavy atom. The highest BCUT2D eigenvalue weighted by molar-refractivity contribution is 5.75. The number of hydrogen-bond acceptors (Lipinski definition) is 2. The van der Waals surface area contributed by atoms with Crippen molar-refractivity contribution in [1.29, 1.82) is 5.26 Å². The van der Waals surface area contributed by atoms with Crippen LogP contribution in [0.25, 0.3) is 10.9 Å². The number of para-hydroxylation sites is 1. The summed E-state index contributed by atoms with van der Waals surface area (Å²) < 4.78 is 7.92. The van der Waals surface area contributed by atoms with E-state index in [4.69, 9.17) is 10.00 Å². The van der Waals surface area contributed by atoms with Crippen molar-refractivity contribution >= 4 is 10.9 Å². The number of ether oxygens (including phenoxy) is 1. The Bertz CT molecular complexity index is 849. The molecule has 0 atom stereocenters. The molecule has 0 fully saturated rings. The van der Waals surface area contributed by atoms with Crippen molar-refractivity contribution in [2.75, 3.05) is 6.61 Å². The molecule has 0 aliphatic heterocycles. The predicted octanol–water partition coefficient (Wildman–Crippen LogP) is 3.45. The number of nitrogens with zero attached hydrogens (tertiary/aromatic N) is 2. The molecular formula is C19H17N2O+. The van der Waals surface area contributed by atoms with Gasteiger partial charge in [-0.05, 0) is 31.2 Å². The van der Waals surface area contributed by atoms with E-state index in [1.165, 1.54) is 5.39 Å². The van der Waals surface area contributed by atoms with Gasteiger partial charge in [0.25, 0.3) is 0 Å². The summed E-state index contributed by atoms with van der Waals surface area (Å²) in [7, 11) is 0. The highest BCUT2D eigenvalue weighted by Crippen LogP contribution is 2.16. The van der Waals surface area contributed by atoms with Crippen LogP contribution in [0.1, 0.15) is 18.1 Å². The topological polar surface area (TPSA) is 36.9 Å². The van der Waals surface area contributed by atoms with E-state index < -0.39 is 0 Å². The molecule has 0 bridgehead atoms. The third-order valence-corrected chi connectivity index (χ3v) is 3.59. The number of hydrogen-bond donors (Lipinski definition) is 0. The fourth-order valence-corrected chi connectivity index (χ4v) is 2.60. The van der Waals surface area contributed by atoms with Crippen molar-refractivity contribution in [2.45, 2.75) is 13.5 Å². The summed E-state index contributed by atoms with van der Waals surface area (Å²) in [6.07, 6.45) is 0. The summed E-state index contributed by atoms with van der Waals surface area (Å²) in [5.74, 6) is 0.837. The Labute approximate surface area is 130 Å². The third-order valence-electron chi connectivity index (χ3n) is 3.59. The lowest BCUT2D eigenvalue weighted by molar-refractivity contribution is -0.668. The lowest BCUT2D eigenvalue weighted by Gasteiger charge is -2.07. The Morgan fingerprint density at radius 1 is 1.05 bits per heavy atom. The van der Waals surface area contributed by atoms with Gasteiger partial charge < -0.3 is 4.74 Å². The van der Waals surface area contributed by atoms with Crippen molar-refractivity contribution in [2.24, 2.45) is 0 Å². The van der Waals surface area contributed by atoms with Crippen molar-refractivity contribution < 1.29 is 9.30 Å². The lowest BCUT2D eigenvalue weighted by atomic mass is 10.1. The molecule has 1 aromatic heterocycles. The summed E-state index contributed by atoms with van der Waals surface area (Å²) in [5.41, 5.74) is 2.88. The molecule has 22 heavy (non-hydrogen) atoms. The fraction of sp³-hybridized carbons (Fsp3) is 0.158. The van der Waals surface area contributed by atoms with Crippen molar-refractivity contribution in [3.05, 3.63) is 71.8 Å². The Hall–Kier alpha value is -2.86. The van der Waals surface area contributed by atoms with Gasteiger partial charge in [0.1, 0.15) is 0 Å². The van der Waals surface area contributed by atoms with Crippen LogP contribution in [0, 0.1) is 11.3 Å². The van der Waals surface area contributed by atoms with Gasteiger partial charge in [0, 0.05) is 17.0 Å². The second-order valence-corrected chi connectivity index (χ2v) is 5.06. The second-order valence-electron chi connectivity index (χ2n) is 5.06. The molecule has 0 radical (unpaired) electrons. The molecule has 1 heterocycles. The molecule has 3 heteroatoms. The molecule has 0 unspecified atom stereocenters. The molecule has 0 aliphatic rings. The normalized spacial score (nSPS) is 10.4. The van der Waals surface area contributed by atoms with Gasteiger partial charge in [0.2, 0.25) is 5.52 Å². The number of benzene rings is 2. The molecule has 108 valence electrons. The first-order valence-corrected chi connectivity index (χ1v) is 7.35. The molecule has 0 spiro atoms. The second kappa shape index (κ2) is 6.28. The minimum absolute atomic E-state index is 0.622. The van der Waals surface area contributed by atoms with E-state index in [0.717, 1.165) is 17.0 Å². The van der Waals surface area contributed by atoms with E-state index in [9.17, 15) is 0 Å². The zero-order valence-electron chi connectivity index (χ0n) is 12.5. The van der Waals surface area contributed by atoms with Crippen molar-refractivity contribution in [1.82, 2.24) is 0 Å². The molecule has 3 nitrogen and oxygen atoms in total. The molecule has 0 aliphatic carbocycles. The maximum absolute atomic E-state index is 9.06. The SMILES string of the molecule is CCOc1ccc2ccccc2[n+]1Cc1cccc(C#N)c1. The van der Waals surface area contributed by atoms with Crippen molar-refractivity contribution in [3.63, 3.8) is 0 Å². The van der Waals surface area contributed by atoms with E-state index >= 15 is 0 Å². The monoisotopic (exact) mass is 289 g/mol. The first kappa shape index (κ1) is 14.1. The smallest absolute Gasteiger partial charge is 0.368 e. The molecule has 0 N–H and O–H groups in total. The summed E-state index contributed by atoms with van der Waals surface area (Å²) in [4.78, 5) is 0. The van der Waals surface area contributed by atoms with Crippen LogP contribution in [0.15, 0.2) is 60.7 Å². The van der Waals surface area contributed by atoms with Crippen LogP contribution in [0.5, 0.6) is 5.88 Å². The maximum atomic E-state index is 9.06. The molecule has 2 aromatic carbocycles. The van der Waals surface area contributed by atoms with E-state index in [-0.39, 0.29) is 0 Å². The van der Waals surface area contributed by atoms with E-state index in [0.29, 0.717) is 18.7 Å². The Kier molecular flexibility index (Phi) is 4.02. The van der Waals surface area contributed by atoms with Gasteiger partial charge in [-0.2, -0.15) is 9.83 Å². The van der Waals surface area contributed by atoms with Gasteiger partial charge >= 0.3 is 5.88 Å². The van der Waals surface area contributed by atoms with Gasteiger partial charge in [0.15, 0.2) is 6.54 Å². The molecule has 0 amide bonds. The number of pyridine rings is 1. The maximum Gasteiger partial charge on any atom is 0.368 e. The summed E-state index contributed by atoms with van der Waals surface area (Å²) in [6, 6.07) is 22.2. The van der Waals surface area contributed by atoms with Crippen LogP contribution in [0.2, 0.25) is 0 Å². The van der Waals surface area contributed by atoms with E-state index in [1.807, 2.05) is 49.4 Å². The first-order valence-electron chi connectivity index (χ1n) is 7.35. The molecule has 3 rings (SSSR count). The van der Waals surface area contributed by atoms with Gasteiger partial charge in [-0.15, -0.1) is 0 Å². The fourth-order valence-electron chi connectivity index (χ4n) is 2.60. The van der Waals surface area contributed by atoms with Crippen LogP contribution in [-0.4, -0.2) is 6.61 Å². The van der Waals surface area contributed by atoms with Crippen LogP contribution < -0.4 is 9.30 Å². The quantitative estimate of drug-likeness (QED) is 0.690. The van der Waals surface area contributed by atoms with Gasteiger partial charge in [-0.25, -0.2) is 0 Å². The molecular weight excluding hydrogens is 272 g/mol. The largest absolute Gasteiger partial charge is 0.445 e.